The third-order valence-corrected chi connectivity index (χ3v) is 4.24. The number of carboxylic acids is 1. The molecule has 1 saturated heterocycles. The van der Waals surface area contributed by atoms with E-state index in [1.54, 1.807) is 17.0 Å². The first-order chi connectivity index (χ1) is 10.4. The van der Waals surface area contributed by atoms with Crippen molar-refractivity contribution in [2.24, 2.45) is 0 Å². The number of hydrogen-bond acceptors (Lipinski definition) is 3. The SMILES string of the molecule is C=C[C@](C)(O)C(=O)N1CCC(c2ccccc2C(=O)O)CC1. The van der Waals surface area contributed by atoms with Gasteiger partial charge in [-0.2, -0.15) is 0 Å². The molecule has 0 aliphatic carbocycles. The van der Waals surface area contributed by atoms with Gasteiger partial charge in [0.25, 0.3) is 5.91 Å². The maximum Gasteiger partial charge on any atom is 0.335 e. The van der Waals surface area contributed by atoms with Crippen LogP contribution in [-0.2, 0) is 4.79 Å². The number of nitrogens with zero attached hydrogens (tertiary/aromatic N) is 1. The molecular formula is C17H21NO4. The van der Waals surface area contributed by atoms with E-state index in [1.165, 1.54) is 13.0 Å². The zero-order valence-corrected chi connectivity index (χ0v) is 12.7. The summed E-state index contributed by atoms with van der Waals surface area (Å²) in [5, 5.41) is 19.2. The fraction of sp³-hybridized carbons (Fsp3) is 0.412. The second kappa shape index (κ2) is 6.32. The summed E-state index contributed by atoms with van der Waals surface area (Å²) in [7, 11) is 0. The third-order valence-electron chi connectivity index (χ3n) is 4.24. The number of piperidine rings is 1. The molecule has 0 saturated carbocycles. The molecule has 1 atom stereocenters. The summed E-state index contributed by atoms with van der Waals surface area (Å²) in [6.45, 7) is 5.91. The van der Waals surface area contributed by atoms with Gasteiger partial charge in [0.2, 0.25) is 0 Å². The van der Waals surface area contributed by atoms with Crippen molar-refractivity contribution in [1.82, 2.24) is 4.90 Å². The van der Waals surface area contributed by atoms with Crippen molar-refractivity contribution in [1.29, 1.82) is 0 Å². The smallest absolute Gasteiger partial charge is 0.335 e. The van der Waals surface area contributed by atoms with E-state index in [1.807, 2.05) is 12.1 Å². The van der Waals surface area contributed by atoms with E-state index in [0.29, 0.717) is 31.5 Å². The molecule has 1 aromatic carbocycles. The summed E-state index contributed by atoms with van der Waals surface area (Å²) >= 11 is 0. The van der Waals surface area contributed by atoms with Crippen molar-refractivity contribution in [3.05, 3.63) is 48.0 Å². The van der Waals surface area contributed by atoms with E-state index < -0.39 is 11.6 Å². The van der Waals surface area contributed by atoms with Gasteiger partial charge in [-0.05, 0) is 37.3 Å². The summed E-state index contributed by atoms with van der Waals surface area (Å²) in [4.78, 5) is 25.1. The molecule has 1 amide bonds. The molecule has 1 aromatic rings. The molecule has 1 fully saturated rings. The van der Waals surface area contributed by atoms with Gasteiger partial charge < -0.3 is 15.1 Å². The van der Waals surface area contributed by atoms with E-state index in [2.05, 4.69) is 6.58 Å². The van der Waals surface area contributed by atoms with Crippen LogP contribution in [0.15, 0.2) is 36.9 Å². The molecule has 0 radical (unpaired) electrons. The molecule has 1 heterocycles. The normalized spacial score (nSPS) is 18.5. The quantitative estimate of drug-likeness (QED) is 0.834. The van der Waals surface area contributed by atoms with Gasteiger partial charge >= 0.3 is 5.97 Å². The van der Waals surface area contributed by atoms with Gasteiger partial charge in [-0.1, -0.05) is 30.9 Å². The molecule has 0 bridgehead atoms. The summed E-state index contributed by atoms with van der Waals surface area (Å²) in [6.07, 6.45) is 2.60. The number of benzene rings is 1. The van der Waals surface area contributed by atoms with E-state index in [4.69, 9.17) is 0 Å². The van der Waals surface area contributed by atoms with Crippen molar-refractivity contribution >= 4 is 11.9 Å². The number of carboxylic acid groups (broad SMARTS) is 1. The first-order valence-corrected chi connectivity index (χ1v) is 7.34. The predicted molar refractivity (Wildman–Crippen MR) is 82.8 cm³/mol. The maximum absolute atomic E-state index is 12.2. The van der Waals surface area contributed by atoms with Crippen molar-refractivity contribution in [3.63, 3.8) is 0 Å². The molecule has 118 valence electrons. The molecule has 5 nitrogen and oxygen atoms in total. The second-order valence-corrected chi connectivity index (χ2v) is 5.81. The summed E-state index contributed by atoms with van der Waals surface area (Å²) in [6, 6.07) is 7.00. The molecule has 5 heteroatoms. The summed E-state index contributed by atoms with van der Waals surface area (Å²) < 4.78 is 0. The highest BCUT2D eigenvalue weighted by atomic mass is 16.4. The zero-order valence-electron chi connectivity index (χ0n) is 12.7. The molecule has 2 N–H and O–H groups in total. The van der Waals surface area contributed by atoms with Crippen LogP contribution in [0, 0.1) is 0 Å². The number of carbonyl (C=O) groups is 2. The highest BCUT2D eigenvalue weighted by Crippen LogP contribution is 2.31. The Kier molecular flexibility index (Phi) is 4.66. The maximum atomic E-state index is 12.2. The first-order valence-electron chi connectivity index (χ1n) is 7.34. The van der Waals surface area contributed by atoms with E-state index in [9.17, 15) is 19.8 Å². The van der Waals surface area contributed by atoms with Gasteiger partial charge in [0.1, 0.15) is 0 Å². The highest BCUT2D eigenvalue weighted by molar-refractivity contribution is 5.89. The summed E-state index contributed by atoms with van der Waals surface area (Å²) in [5.74, 6) is -1.17. The van der Waals surface area contributed by atoms with Crippen LogP contribution in [0.2, 0.25) is 0 Å². The van der Waals surface area contributed by atoms with Gasteiger partial charge in [0.05, 0.1) is 5.56 Å². The van der Waals surface area contributed by atoms with Crippen molar-refractivity contribution in [3.8, 4) is 0 Å². The Labute approximate surface area is 129 Å². The lowest BCUT2D eigenvalue weighted by atomic mass is 9.86. The minimum atomic E-state index is -1.55. The van der Waals surface area contributed by atoms with Gasteiger partial charge in [0.15, 0.2) is 5.60 Å². The van der Waals surface area contributed by atoms with Crippen LogP contribution in [0.4, 0.5) is 0 Å². The Hall–Kier alpha value is -2.14. The van der Waals surface area contributed by atoms with Crippen molar-refractivity contribution < 1.29 is 19.8 Å². The van der Waals surface area contributed by atoms with Crippen molar-refractivity contribution in [2.75, 3.05) is 13.1 Å². The molecule has 0 unspecified atom stereocenters. The van der Waals surface area contributed by atoms with Crippen LogP contribution in [0.25, 0.3) is 0 Å². The van der Waals surface area contributed by atoms with Crippen molar-refractivity contribution in [2.45, 2.75) is 31.3 Å². The average Bonchev–Trinajstić information content (AvgIpc) is 2.54. The Morgan fingerprint density at radius 3 is 2.45 bits per heavy atom. The lowest BCUT2D eigenvalue weighted by molar-refractivity contribution is -0.146. The number of aromatic carboxylic acids is 1. The Balaban J connectivity index is 2.09. The van der Waals surface area contributed by atoms with Crippen LogP contribution in [0.1, 0.15) is 41.6 Å². The molecule has 0 aromatic heterocycles. The van der Waals surface area contributed by atoms with Gasteiger partial charge in [0, 0.05) is 13.1 Å². The van der Waals surface area contributed by atoms with E-state index in [-0.39, 0.29) is 11.8 Å². The summed E-state index contributed by atoms with van der Waals surface area (Å²) in [5.41, 5.74) is -0.408. The Morgan fingerprint density at radius 2 is 1.91 bits per heavy atom. The van der Waals surface area contributed by atoms with Crippen LogP contribution < -0.4 is 0 Å². The monoisotopic (exact) mass is 303 g/mol. The van der Waals surface area contributed by atoms with Crippen LogP contribution in [-0.4, -0.2) is 45.7 Å². The van der Waals surface area contributed by atoms with Crippen LogP contribution in [0.5, 0.6) is 0 Å². The molecular weight excluding hydrogens is 282 g/mol. The zero-order chi connectivity index (χ0) is 16.3. The highest BCUT2D eigenvalue weighted by Gasteiger charge is 2.34. The lowest BCUT2D eigenvalue weighted by Crippen LogP contribution is -2.48. The van der Waals surface area contributed by atoms with Gasteiger partial charge in [-0.25, -0.2) is 4.79 Å². The molecule has 22 heavy (non-hydrogen) atoms. The fourth-order valence-corrected chi connectivity index (χ4v) is 2.85. The number of carbonyl (C=O) groups excluding carboxylic acids is 1. The molecule has 2 rings (SSSR count). The number of hydrogen-bond donors (Lipinski definition) is 2. The largest absolute Gasteiger partial charge is 0.478 e. The first kappa shape index (κ1) is 16.2. The minimum Gasteiger partial charge on any atom is -0.478 e. The minimum absolute atomic E-state index is 0.116. The predicted octanol–water partition coefficient (Wildman–Crippen LogP) is 2.03. The molecule has 1 aliphatic heterocycles. The number of rotatable bonds is 4. The van der Waals surface area contributed by atoms with Crippen LogP contribution >= 0.6 is 0 Å². The Morgan fingerprint density at radius 1 is 1.32 bits per heavy atom. The van der Waals surface area contributed by atoms with Crippen LogP contribution in [0.3, 0.4) is 0 Å². The second-order valence-electron chi connectivity index (χ2n) is 5.81. The van der Waals surface area contributed by atoms with E-state index >= 15 is 0 Å². The fourth-order valence-electron chi connectivity index (χ4n) is 2.85. The molecule has 0 spiro atoms. The topological polar surface area (TPSA) is 77.8 Å². The number of likely N-dealkylation sites (tertiary alicyclic amines) is 1. The van der Waals surface area contributed by atoms with Gasteiger partial charge in [-0.3, -0.25) is 4.79 Å². The van der Waals surface area contributed by atoms with Gasteiger partial charge in [-0.15, -0.1) is 0 Å². The van der Waals surface area contributed by atoms with E-state index in [0.717, 1.165) is 5.56 Å². The number of amides is 1. The third kappa shape index (κ3) is 3.20. The number of aliphatic hydroxyl groups is 1. The Bertz CT molecular complexity index is 586. The lowest BCUT2D eigenvalue weighted by Gasteiger charge is -2.35. The molecule has 1 aliphatic rings. The average molecular weight is 303 g/mol. The standard InChI is InChI=1S/C17H21NO4/c1-3-17(2,22)16(21)18-10-8-12(9-11-18)13-6-4-5-7-14(13)15(19)20/h3-7,12,22H,1,8-11H2,2H3,(H,19,20)/t17-/m0/s1.